The zero-order chi connectivity index (χ0) is 12.7. The maximum atomic E-state index is 3.66. The van der Waals surface area contributed by atoms with E-state index >= 15 is 0 Å². The average molecular weight is 825 g/mol. The van der Waals surface area contributed by atoms with Crippen LogP contribution < -0.4 is 0 Å². The van der Waals surface area contributed by atoms with Gasteiger partial charge in [0.05, 0.1) is 0 Å². The molecule has 0 atom stereocenters. The van der Waals surface area contributed by atoms with Gasteiger partial charge in [0.25, 0.3) is 0 Å². The van der Waals surface area contributed by atoms with E-state index < -0.39 is 0 Å². The van der Waals surface area contributed by atoms with E-state index in [9.17, 15) is 0 Å². The van der Waals surface area contributed by atoms with Crippen molar-refractivity contribution in [1.82, 2.24) is 15.0 Å². The molecule has 0 saturated heterocycles. The van der Waals surface area contributed by atoms with E-state index in [1.165, 1.54) is 0 Å². The van der Waals surface area contributed by atoms with Gasteiger partial charge in [-0.3, -0.25) is 0 Å². The topological polar surface area (TPSA) is 38.7 Å². The van der Waals surface area contributed by atoms with Crippen LogP contribution in [0.1, 0.15) is 0 Å². The summed E-state index contributed by atoms with van der Waals surface area (Å²) in [7, 11) is 0. The Labute approximate surface area is 172 Å². The summed E-state index contributed by atoms with van der Waals surface area (Å²) in [5, 5.41) is 0. The van der Waals surface area contributed by atoms with Crippen molar-refractivity contribution in [3.05, 3.63) is 91.8 Å². The molecule has 3 heterocycles. The van der Waals surface area contributed by atoms with E-state index in [0.29, 0.717) is 0 Å². The molecular formula is C15H12Au3N3. The monoisotopic (exact) mass is 825 g/mol. The smallest absolute Gasteiger partial charge is 0.394 e. The van der Waals surface area contributed by atoms with Crippen LogP contribution in [-0.2, 0) is 67.1 Å². The summed E-state index contributed by atoms with van der Waals surface area (Å²) in [6.07, 6.45) is 13.0. The molecule has 6 heteroatoms. The Morgan fingerprint density at radius 2 is 0.714 bits per heavy atom. The Morgan fingerprint density at radius 3 is 0.762 bits per heavy atom. The van der Waals surface area contributed by atoms with Gasteiger partial charge in [0, 0.05) is 0 Å². The Kier molecular flexibility index (Phi) is 26.8. The molecule has 0 N–H and O–H groups in total. The first-order chi connectivity index (χ1) is 9.00. The van der Waals surface area contributed by atoms with Gasteiger partial charge in [-0.05, 0) is 0 Å². The number of hydrogen-bond donors (Lipinski definition) is 0. The van der Waals surface area contributed by atoms with Crippen LogP contribution in [0.2, 0.25) is 0 Å². The van der Waals surface area contributed by atoms with Crippen LogP contribution in [0.15, 0.2) is 73.2 Å². The number of rotatable bonds is 0. The molecule has 21 heavy (non-hydrogen) atoms. The maximum absolute atomic E-state index is 3.66. The summed E-state index contributed by atoms with van der Waals surface area (Å²) in [5.74, 6) is 0. The molecular weight excluding hydrogens is 813 g/mol. The third-order valence-electron chi connectivity index (χ3n) is 1.55. The largest absolute Gasteiger partial charge is 1.00 e. The van der Waals surface area contributed by atoms with Crippen LogP contribution in [0.3, 0.4) is 0 Å². The van der Waals surface area contributed by atoms with Gasteiger partial charge in [-0.2, -0.15) is 54.6 Å². The van der Waals surface area contributed by atoms with Gasteiger partial charge in [-0.15, -0.1) is 0 Å². The average Bonchev–Trinajstić information content (AvgIpc) is 2.54. The number of nitrogens with zero attached hydrogens (tertiary/aromatic N) is 3. The van der Waals surface area contributed by atoms with Crippen LogP contribution >= 0.6 is 0 Å². The molecule has 0 aromatic carbocycles. The van der Waals surface area contributed by atoms with Gasteiger partial charge >= 0.3 is 67.1 Å². The first-order valence-corrected chi connectivity index (χ1v) is 5.31. The molecule has 0 spiro atoms. The fourth-order valence-electron chi connectivity index (χ4n) is 0.832. The summed E-state index contributed by atoms with van der Waals surface area (Å²) in [5.41, 5.74) is 0. The van der Waals surface area contributed by atoms with E-state index in [4.69, 9.17) is 0 Å². The molecule has 3 rings (SSSR count). The minimum Gasteiger partial charge on any atom is -0.394 e. The molecule has 0 saturated carbocycles. The van der Waals surface area contributed by atoms with Crippen molar-refractivity contribution in [2.75, 3.05) is 0 Å². The third-order valence-corrected chi connectivity index (χ3v) is 1.55. The second kappa shape index (κ2) is 22.0. The molecule has 0 bridgehead atoms. The molecule has 0 aliphatic carbocycles. The van der Waals surface area contributed by atoms with E-state index in [1.807, 2.05) is 36.4 Å². The molecule has 3 aromatic rings. The minimum absolute atomic E-state index is 0. The molecule has 0 amide bonds. The molecule has 3 nitrogen and oxygen atoms in total. The van der Waals surface area contributed by atoms with Crippen LogP contribution in [0.4, 0.5) is 0 Å². The maximum Gasteiger partial charge on any atom is 1.00 e. The van der Waals surface area contributed by atoms with Crippen molar-refractivity contribution in [3.63, 3.8) is 0 Å². The summed E-state index contributed by atoms with van der Waals surface area (Å²) >= 11 is 0. The first kappa shape index (κ1) is 25.6. The van der Waals surface area contributed by atoms with Crippen molar-refractivity contribution in [3.8, 4) is 0 Å². The molecule has 3 aromatic heterocycles. The predicted octanol–water partition coefficient (Wildman–Crippen LogP) is 2.64. The summed E-state index contributed by atoms with van der Waals surface area (Å²) in [6, 6.07) is 16.5. The van der Waals surface area contributed by atoms with Gasteiger partial charge in [0.15, 0.2) is 0 Å². The van der Waals surface area contributed by atoms with Gasteiger partial charge in [0.2, 0.25) is 0 Å². The van der Waals surface area contributed by atoms with Crippen LogP contribution in [0.5, 0.6) is 0 Å². The summed E-state index contributed by atoms with van der Waals surface area (Å²) in [6.45, 7) is 0. The Hall–Kier alpha value is -0.329. The van der Waals surface area contributed by atoms with E-state index in [-0.39, 0.29) is 67.1 Å². The Morgan fingerprint density at radius 1 is 0.429 bits per heavy atom. The van der Waals surface area contributed by atoms with E-state index in [0.717, 1.165) is 0 Å². The Balaban J connectivity index is -0.000000216. The van der Waals surface area contributed by atoms with E-state index in [1.54, 1.807) is 36.8 Å². The fourth-order valence-corrected chi connectivity index (χ4v) is 0.832. The van der Waals surface area contributed by atoms with Crippen LogP contribution in [0.25, 0.3) is 0 Å². The molecule has 0 radical (unpaired) electrons. The zero-order valence-corrected chi connectivity index (χ0v) is 17.2. The number of pyridine rings is 3. The molecule has 0 unspecified atom stereocenters. The normalized spacial score (nSPS) is 6.86. The van der Waals surface area contributed by atoms with Crippen LogP contribution in [0, 0.1) is 18.6 Å². The van der Waals surface area contributed by atoms with Crippen LogP contribution in [-0.4, -0.2) is 15.0 Å². The van der Waals surface area contributed by atoms with Crippen molar-refractivity contribution >= 4 is 0 Å². The number of aromatic nitrogens is 3. The SMILES string of the molecule is [Au+].[Au+].[Au+].[c-]1ccccn1.[c-]1ccccn1.[c-]1ccccn1. The van der Waals surface area contributed by atoms with Crippen molar-refractivity contribution < 1.29 is 67.1 Å². The quantitative estimate of drug-likeness (QED) is 0.259. The molecule has 0 aliphatic rings. The standard InChI is InChI=1S/3C5H4N.3Au/c3*1-2-4-6-5-3-1;;;/h3*1-4H;;;/q3*-1;3*+1. The molecule has 120 valence electrons. The minimum atomic E-state index is 0. The summed E-state index contributed by atoms with van der Waals surface area (Å²) in [4.78, 5) is 11.0. The number of hydrogen-bond acceptors (Lipinski definition) is 3. The van der Waals surface area contributed by atoms with Gasteiger partial charge < -0.3 is 15.0 Å². The summed E-state index contributed by atoms with van der Waals surface area (Å²) < 4.78 is 0. The van der Waals surface area contributed by atoms with E-state index in [2.05, 4.69) is 33.5 Å². The second-order valence-corrected chi connectivity index (χ2v) is 2.88. The fraction of sp³-hybridized carbons (Fsp3) is 0. The first-order valence-electron chi connectivity index (χ1n) is 5.31. The van der Waals surface area contributed by atoms with Crippen molar-refractivity contribution in [2.24, 2.45) is 0 Å². The molecule has 0 fully saturated rings. The van der Waals surface area contributed by atoms with Crippen molar-refractivity contribution in [2.45, 2.75) is 0 Å². The van der Waals surface area contributed by atoms with Gasteiger partial charge in [0.1, 0.15) is 0 Å². The second-order valence-electron chi connectivity index (χ2n) is 2.88. The van der Waals surface area contributed by atoms with Gasteiger partial charge in [-0.25, -0.2) is 0 Å². The third kappa shape index (κ3) is 19.7. The van der Waals surface area contributed by atoms with Gasteiger partial charge in [-0.1, -0.05) is 37.2 Å². The zero-order valence-electron chi connectivity index (χ0n) is 10.7. The Bertz CT molecular complexity index is 315. The van der Waals surface area contributed by atoms with Crippen molar-refractivity contribution in [1.29, 1.82) is 0 Å². The molecule has 0 aliphatic heterocycles. The predicted molar refractivity (Wildman–Crippen MR) is 69.2 cm³/mol.